The van der Waals surface area contributed by atoms with Gasteiger partial charge in [-0.25, -0.2) is 0 Å². The number of carbonyl (C=O) groups excluding carboxylic acids is 1. The number of hydrogen-bond acceptors (Lipinski definition) is 4. The van der Waals surface area contributed by atoms with Crippen molar-refractivity contribution in [3.05, 3.63) is 30.1 Å². The lowest BCUT2D eigenvalue weighted by atomic mass is 10.0. The number of nitrogens with two attached hydrogens (primary N) is 1. The molecule has 5 nitrogen and oxygen atoms in total. The van der Waals surface area contributed by atoms with E-state index in [9.17, 15) is 4.79 Å². The first-order valence-electron chi connectivity index (χ1n) is 6.00. The van der Waals surface area contributed by atoms with Gasteiger partial charge in [-0.1, -0.05) is 11.8 Å². The van der Waals surface area contributed by atoms with E-state index in [4.69, 9.17) is 5.73 Å². The first-order chi connectivity index (χ1) is 9.11. The lowest BCUT2D eigenvalue weighted by Crippen LogP contribution is -2.19. The molecule has 98 valence electrons. The monoisotopic (exact) mass is 274 g/mol. The molecule has 0 aliphatic carbocycles. The molecule has 1 aromatic carbocycles. The van der Waals surface area contributed by atoms with Gasteiger partial charge >= 0.3 is 0 Å². The lowest BCUT2D eigenvalue weighted by Gasteiger charge is -2.18. The molecule has 19 heavy (non-hydrogen) atoms. The van der Waals surface area contributed by atoms with E-state index in [0.717, 1.165) is 33.2 Å². The van der Waals surface area contributed by atoms with Crippen molar-refractivity contribution in [2.45, 2.75) is 22.6 Å². The Bertz CT molecular complexity index is 650. The van der Waals surface area contributed by atoms with Crippen LogP contribution in [0, 0.1) is 0 Å². The van der Waals surface area contributed by atoms with Gasteiger partial charge in [-0.3, -0.25) is 9.48 Å². The third-order valence-corrected chi connectivity index (χ3v) is 4.06. The van der Waals surface area contributed by atoms with E-state index >= 15 is 0 Å². The van der Waals surface area contributed by atoms with Gasteiger partial charge in [0.25, 0.3) is 0 Å². The van der Waals surface area contributed by atoms with E-state index in [1.165, 1.54) is 0 Å². The lowest BCUT2D eigenvalue weighted by molar-refractivity contribution is -0.116. The molecule has 3 rings (SSSR count). The van der Waals surface area contributed by atoms with Crippen LogP contribution < -0.4 is 11.1 Å². The van der Waals surface area contributed by atoms with Crippen LogP contribution in [0.2, 0.25) is 0 Å². The summed E-state index contributed by atoms with van der Waals surface area (Å²) in [6.07, 6.45) is 5.01. The number of aryl methyl sites for hydroxylation is 2. The van der Waals surface area contributed by atoms with Gasteiger partial charge in [-0.2, -0.15) is 5.10 Å². The number of amides is 1. The van der Waals surface area contributed by atoms with Gasteiger partial charge in [0.2, 0.25) is 5.91 Å². The predicted octanol–water partition coefficient (Wildman–Crippen LogP) is 2.04. The summed E-state index contributed by atoms with van der Waals surface area (Å²) in [7, 11) is 1.88. The Labute approximate surface area is 115 Å². The van der Waals surface area contributed by atoms with Crippen molar-refractivity contribution in [2.75, 3.05) is 11.1 Å². The molecule has 0 fully saturated rings. The molecule has 0 spiro atoms. The molecule has 0 saturated heterocycles. The van der Waals surface area contributed by atoms with Gasteiger partial charge in [-0.15, -0.1) is 0 Å². The van der Waals surface area contributed by atoms with Gasteiger partial charge < -0.3 is 11.1 Å². The second kappa shape index (κ2) is 4.62. The smallest absolute Gasteiger partial charge is 0.224 e. The molecule has 0 radical (unpaired) electrons. The quantitative estimate of drug-likeness (QED) is 0.822. The summed E-state index contributed by atoms with van der Waals surface area (Å²) in [6.45, 7) is 0. The highest BCUT2D eigenvalue weighted by Crippen LogP contribution is 2.37. The molecule has 3 N–H and O–H groups in total. The third kappa shape index (κ3) is 2.44. The summed E-state index contributed by atoms with van der Waals surface area (Å²) < 4.78 is 1.75. The zero-order valence-electron chi connectivity index (χ0n) is 10.5. The maximum atomic E-state index is 11.4. The molecule has 0 saturated carbocycles. The number of carbonyl (C=O) groups is 1. The first kappa shape index (κ1) is 12.1. The number of aromatic nitrogens is 2. The Morgan fingerprint density at radius 1 is 1.42 bits per heavy atom. The van der Waals surface area contributed by atoms with Crippen molar-refractivity contribution in [3.8, 4) is 0 Å². The van der Waals surface area contributed by atoms with Gasteiger partial charge in [0.1, 0.15) is 0 Å². The number of nitrogens with zero attached hydrogens (tertiary/aromatic N) is 2. The third-order valence-electron chi connectivity index (χ3n) is 3.04. The van der Waals surface area contributed by atoms with E-state index in [0.29, 0.717) is 6.42 Å². The zero-order valence-corrected chi connectivity index (χ0v) is 11.3. The minimum atomic E-state index is 0.0644. The van der Waals surface area contributed by atoms with Crippen molar-refractivity contribution >= 4 is 29.0 Å². The number of nitrogens with one attached hydrogen (secondary N) is 1. The molecule has 1 aliphatic rings. The van der Waals surface area contributed by atoms with Gasteiger partial charge in [0.15, 0.2) is 0 Å². The van der Waals surface area contributed by atoms with Crippen LogP contribution in [0.15, 0.2) is 34.3 Å². The average molecular weight is 274 g/mol. The second-order valence-electron chi connectivity index (χ2n) is 4.55. The molecule has 0 bridgehead atoms. The Morgan fingerprint density at radius 3 is 3.00 bits per heavy atom. The molecule has 0 atom stereocenters. The largest absolute Gasteiger partial charge is 0.398 e. The summed E-state index contributed by atoms with van der Waals surface area (Å²) in [5.74, 6) is 0.0644. The molecule has 6 heteroatoms. The number of fused-ring (bicyclic) bond motifs is 1. The normalized spacial score (nSPS) is 14.1. The topological polar surface area (TPSA) is 72.9 Å². The predicted molar refractivity (Wildman–Crippen MR) is 75.1 cm³/mol. The minimum Gasteiger partial charge on any atom is -0.398 e. The number of nitrogen functional groups attached to an aromatic ring is 1. The molecular weight excluding hydrogens is 260 g/mol. The van der Waals surface area contributed by atoms with E-state index < -0.39 is 0 Å². The van der Waals surface area contributed by atoms with Crippen molar-refractivity contribution in [2.24, 2.45) is 7.05 Å². The highest BCUT2D eigenvalue weighted by Gasteiger charge is 2.17. The highest BCUT2D eigenvalue weighted by atomic mass is 32.2. The van der Waals surface area contributed by atoms with Gasteiger partial charge in [0.05, 0.1) is 11.1 Å². The SMILES string of the molecule is Cn1cc(Sc2cc3c(cc2N)CCC(=O)N3)cn1. The van der Waals surface area contributed by atoms with Crippen LogP contribution in [0.25, 0.3) is 0 Å². The molecule has 2 heterocycles. The molecular formula is C13H14N4OS. The Morgan fingerprint density at radius 2 is 2.26 bits per heavy atom. The Balaban J connectivity index is 1.93. The van der Waals surface area contributed by atoms with Crippen molar-refractivity contribution in [3.63, 3.8) is 0 Å². The Kier molecular flexibility index (Phi) is 2.94. The van der Waals surface area contributed by atoms with Crippen LogP contribution in [-0.2, 0) is 18.3 Å². The van der Waals surface area contributed by atoms with Crippen molar-refractivity contribution in [1.82, 2.24) is 9.78 Å². The second-order valence-corrected chi connectivity index (χ2v) is 5.66. The number of benzene rings is 1. The van der Waals surface area contributed by atoms with Gasteiger partial charge in [0, 0.05) is 35.9 Å². The maximum Gasteiger partial charge on any atom is 0.224 e. The molecule has 1 amide bonds. The van der Waals surface area contributed by atoms with E-state index in [1.807, 2.05) is 25.4 Å². The summed E-state index contributed by atoms with van der Waals surface area (Å²) >= 11 is 1.55. The standard InChI is InChI=1S/C13H14N4OS/c1-17-7-9(6-15-17)19-12-5-11-8(4-10(12)14)2-3-13(18)16-11/h4-7H,2-3,14H2,1H3,(H,16,18). The maximum absolute atomic E-state index is 11.4. The van der Waals surface area contributed by atoms with Crippen LogP contribution in [-0.4, -0.2) is 15.7 Å². The van der Waals surface area contributed by atoms with E-state index in [1.54, 1.807) is 22.6 Å². The fourth-order valence-corrected chi connectivity index (χ4v) is 3.01. The number of rotatable bonds is 2. The van der Waals surface area contributed by atoms with Crippen LogP contribution >= 0.6 is 11.8 Å². The van der Waals surface area contributed by atoms with Crippen LogP contribution in [0.1, 0.15) is 12.0 Å². The summed E-state index contributed by atoms with van der Waals surface area (Å²) in [6, 6.07) is 3.90. The number of hydrogen-bond donors (Lipinski definition) is 2. The fourth-order valence-electron chi connectivity index (χ4n) is 2.09. The summed E-state index contributed by atoms with van der Waals surface area (Å²) in [5, 5.41) is 7.02. The van der Waals surface area contributed by atoms with Crippen LogP contribution in [0.3, 0.4) is 0 Å². The highest BCUT2D eigenvalue weighted by molar-refractivity contribution is 7.99. The van der Waals surface area contributed by atoms with Crippen LogP contribution in [0.5, 0.6) is 0 Å². The number of anilines is 2. The first-order valence-corrected chi connectivity index (χ1v) is 6.82. The molecule has 0 unspecified atom stereocenters. The molecule has 1 aromatic heterocycles. The van der Waals surface area contributed by atoms with Gasteiger partial charge in [-0.05, 0) is 24.1 Å². The van der Waals surface area contributed by atoms with E-state index in [-0.39, 0.29) is 5.91 Å². The average Bonchev–Trinajstić information content (AvgIpc) is 2.76. The minimum absolute atomic E-state index is 0.0644. The van der Waals surface area contributed by atoms with Crippen molar-refractivity contribution < 1.29 is 4.79 Å². The van der Waals surface area contributed by atoms with E-state index in [2.05, 4.69) is 10.4 Å². The Hall–Kier alpha value is -1.95. The molecule has 2 aromatic rings. The summed E-state index contributed by atoms with van der Waals surface area (Å²) in [5.41, 5.74) is 8.79. The summed E-state index contributed by atoms with van der Waals surface area (Å²) in [4.78, 5) is 13.4. The van der Waals surface area contributed by atoms with Crippen LogP contribution in [0.4, 0.5) is 11.4 Å². The fraction of sp³-hybridized carbons (Fsp3) is 0.231. The molecule has 1 aliphatic heterocycles. The van der Waals surface area contributed by atoms with Crippen molar-refractivity contribution in [1.29, 1.82) is 0 Å². The zero-order chi connectivity index (χ0) is 13.4.